The monoisotopic (exact) mass is 171 g/mol. The first kappa shape index (κ1) is 8.13. The van der Waals surface area contributed by atoms with E-state index >= 15 is 0 Å². The summed E-state index contributed by atoms with van der Waals surface area (Å²) in [6.45, 7) is 1.59. The van der Waals surface area contributed by atoms with Crippen LogP contribution in [0.5, 0.6) is 0 Å². The summed E-state index contributed by atoms with van der Waals surface area (Å²) in [6.07, 6.45) is 1.63. The van der Waals surface area contributed by atoms with Gasteiger partial charge in [0.15, 0.2) is 0 Å². The molecule has 0 fully saturated rings. The van der Waals surface area contributed by atoms with E-state index in [2.05, 4.69) is 10.3 Å². The van der Waals surface area contributed by atoms with Crippen LogP contribution in [0.25, 0.3) is 0 Å². The van der Waals surface area contributed by atoms with Crippen LogP contribution in [0.15, 0.2) is 33.2 Å². The van der Waals surface area contributed by atoms with Crippen molar-refractivity contribution in [2.75, 3.05) is 18.1 Å². The fourth-order valence-corrected chi connectivity index (χ4v) is 0.876. The van der Waals surface area contributed by atoms with Crippen molar-refractivity contribution in [3.63, 3.8) is 0 Å². The molecule has 2 heterocycles. The Hall–Kier alpha value is -0.970. The molecule has 1 aliphatic heterocycles. The Morgan fingerprint density at radius 3 is 3.00 bits per heavy atom. The lowest BCUT2D eigenvalue weighted by Crippen LogP contribution is -2.12. The fraction of sp³-hybridized carbons (Fsp3) is 0.333. The normalized spacial score (nSPS) is 15.1. The number of hydrogen-bond acceptors (Lipinski definition) is 4. The van der Waals surface area contributed by atoms with Gasteiger partial charge in [0.25, 0.3) is 0 Å². The molecule has 0 N–H and O–H groups in total. The lowest BCUT2D eigenvalue weighted by molar-refractivity contribution is 0.554. The molecular formula is C6H9N3OS. The molecule has 0 saturated carbocycles. The van der Waals surface area contributed by atoms with Crippen molar-refractivity contribution >= 4 is 19.4 Å². The highest BCUT2D eigenvalue weighted by Gasteiger charge is 2.10. The SMILES string of the molecule is S.c1coc(N2CCN=N2)c1. The second-order valence-electron chi connectivity index (χ2n) is 2.03. The summed E-state index contributed by atoms with van der Waals surface area (Å²) in [6, 6.07) is 3.70. The maximum atomic E-state index is 5.09. The second kappa shape index (κ2) is 3.43. The van der Waals surface area contributed by atoms with Crippen LogP contribution in [0.1, 0.15) is 0 Å². The molecule has 0 aromatic carbocycles. The highest BCUT2D eigenvalue weighted by Crippen LogP contribution is 2.16. The van der Waals surface area contributed by atoms with Crippen molar-refractivity contribution in [2.45, 2.75) is 0 Å². The lowest BCUT2D eigenvalue weighted by atomic mass is 10.5. The molecule has 60 valence electrons. The first-order valence-electron chi connectivity index (χ1n) is 3.15. The van der Waals surface area contributed by atoms with Crippen molar-refractivity contribution < 1.29 is 4.42 Å². The summed E-state index contributed by atoms with van der Waals surface area (Å²) in [5.41, 5.74) is 0. The Bertz CT molecular complexity index is 234. The topological polar surface area (TPSA) is 41.1 Å². The molecule has 11 heavy (non-hydrogen) atoms. The molecule has 0 unspecified atom stereocenters. The molecule has 0 amide bonds. The Balaban J connectivity index is 0.000000605. The zero-order valence-electron chi connectivity index (χ0n) is 5.90. The Morgan fingerprint density at radius 1 is 1.55 bits per heavy atom. The van der Waals surface area contributed by atoms with E-state index in [0.29, 0.717) is 0 Å². The van der Waals surface area contributed by atoms with Gasteiger partial charge in [0.1, 0.15) is 0 Å². The minimum absolute atomic E-state index is 0. The van der Waals surface area contributed by atoms with Gasteiger partial charge in [-0.05, 0) is 6.07 Å². The van der Waals surface area contributed by atoms with Crippen LogP contribution in [0, 0.1) is 0 Å². The maximum absolute atomic E-state index is 5.09. The van der Waals surface area contributed by atoms with Crippen LogP contribution >= 0.6 is 13.5 Å². The van der Waals surface area contributed by atoms with E-state index in [-0.39, 0.29) is 13.5 Å². The Morgan fingerprint density at radius 2 is 2.45 bits per heavy atom. The molecule has 0 spiro atoms. The average molecular weight is 171 g/mol. The van der Waals surface area contributed by atoms with Crippen molar-refractivity contribution in [2.24, 2.45) is 10.3 Å². The van der Waals surface area contributed by atoms with Crippen molar-refractivity contribution in [3.8, 4) is 0 Å². The summed E-state index contributed by atoms with van der Waals surface area (Å²) in [4.78, 5) is 0. The number of nitrogens with zero attached hydrogens (tertiary/aromatic N) is 3. The van der Waals surface area contributed by atoms with Gasteiger partial charge in [-0.25, -0.2) is 5.01 Å². The van der Waals surface area contributed by atoms with Crippen molar-refractivity contribution in [1.29, 1.82) is 0 Å². The van der Waals surface area contributed by atoms with E-state index in [4.69, 9.17) is 4.42 Å². The van der Waals surface area contributed by atoms with E-state index in [0.717, 1.165) is 19.0 Å². The van der Waals surface area contributed by atoms with Crippen LogP contribution in [-0.2, 0) is 0 Å². The van der Waals surface area contributed by atoms with Gasteiger partial charge in [-0.1, -0.05) is 5.22 Å². The Labute approximate surface area is 71.3 Å². The summed E-state index contributed by atoms with van der Waals surface area (Å²) in [7, 11) is 0. The minimum atomic E-state index is 0. The van der Waals surface area contributed by atoms with Crippen LogP contribution in [0.2, 0.25) is 0 Å². The molecule has 0 bridgehead atoms. The van der Waals surface area contributed by atoms with Crippen LogP contribution in [0.3, 0.4) is 0 Å². The van der Waals surface area contributed by atoms with Gasteiger partial charge in [0.05, 0.1) is 19.4 Å². The third kappa shape index (κ3) is 1.54. The predicted octanol–water partition coefficient (Wildman–Crippen LogP) is 1.58. The molecule has 1 aromatic rings. The second-order valence-corrected chi connectivity index (χ2v) is 2.03. The molecule has 4 nitrogen and oxygen atoms in total. The van der Waals surface area contributed by atoms with Gasteiger partial charge >= 0.3 is 0 Å². The highest BCUT2D eigenvalue weighted by atomic mass is 32.1. The van der Waals surface area contributed by atoms with Crippen molar-refractivity contribution in [1.82, 2.24) is 0 Å². The summed E-state index contributed by atoms with van der Waals surface area (Å²) in [5, 5.41) is 9.39. The van der Waals surface area contributed by atoms with E-state index in [1.54, 1.807) is 11.3 Å². The predicted molar refractivity (Wildman–Crippen MR) is 46.2 cm³/mol. The van der Waals surface area contributed by atoms with Gasteiger partial charge in [-0.2, -0.15) is 18.6 Å². The quantitative estimate of drug-likeness (QED) is 0.643. The van der Waals surface area contributed by atoms with E-state index in [9.17, 15) is 0 Å². The summed E-state index contributed by atoms with van der Waals surface area (Å²) >= 11 is 0. The largest absolute Gasteiger partial charge is 0.447 e. The fourth-order valence-electron chi connectivity index (χ4n) is 0.876. The molecule has 0 atom stereocenters. The molecule has 5 heteroatoms. The van der Waals surface area contributed by atoms with Crippen LogP contribution in [0.4, 0.5) is 5.88 Å². The molecule has 0 aliphatic carbocycles. The van der Waals surface area contributed by atoms with Crippen LogP contribution in [-0.4, -0.2) is 13.1 Å². The number of anilines is 1. The van der Waals surface area contributed by atoms with E-state index in [1.807, 2.05) is 12.1 Å². The maximum Gasteiger partial charge on any atom is 0.216 e. The number of rotatable bonds is 1. The standard InChI is InChI=1S/C6H7N3O.H2S/c1-2-6(10-5-1)9-4-3-7-8-9;/h1-2,5H,3-4H2;1H2. The molecule has 0 saturated heterocycles. The molecule has 1 aromatic heterocycles. The zero-order valence-corrected chi connectivity index (χ0v) is 6.90. The third-order valence-electron chi connectivity index (χ3n) is 1.34. The van der Waals surface area contributed by atoms with Crippen LogP contribution < -0.4 is 5.01 Å². The van der Waals surface area contributed by atoms with Gasteiger partial charge in [-0.3, -0.25) is 0 Å². The van der Waals surface area contributed by atoms with Gasteiger partial charge in [0, 0.05) is 6.07 Å². The lowest BCUT2D eigenvalue weighted by Gasteiger charge is -2.04. The first-order chi connectivity index (χ1) is 4.97. The molecule has 1 aliphatic rings. The highest BCUT2D eigenvalue weighted by molar-refractivity contribution is 7.59. The van der Waals surface area contributed by atoms with Gasteiger partial charge < -0.3 is 4.42 Å². The average Bonchev–Trinajstić information content (AvgIpc) is 2.59. The van der Waals surface area contributed by atoms with E-state index < -0.39 is 0 Å². The molecule has 0 radical (unpaired) electrons. The Kier molecular flexibility index (Phi) is 2.53. The first-order valence-corrected chi connectivity index (χ1v) is 3.15. The molecule has 2 rings (SSSR count). The van der Waals surface area contributed by atoms with Crippen molar-refractivity contribution in [3.05, 3.63) is 18.4 Å². The third-order valence-corrected chi connectivity index (χ3v) is 1.34. The smallest absolute Gasteiger partial charge is 0.216 e. The minimum Gasteiger partial charge on any atom is -0.447 e. The zero-order chi connectivity index (χ0) is 6.81. The summed E-state index contributed by atoms with van der Waals surface area (Å²) < 4.78 is 5.09. The molecular weight excluding hydrogens is 162 g/mol. The number of furan rings is 1. The van der Waals surface area contributed by atoms with E-state index in [1.165, 1.54) is 0 Å². The van der Waals surface area contributed by atoms with Gasteiger partial charge in [-0.15, -0.1) is 0 Å². The number of hydrogen-bond donors (Lipinski definition) is 0. The van der Waals surface area contributed by atoms with Gasteiger partial charge in [0.2, 0.25) is 5.88 Å². The summed E-state index contributed by atoms with van der Waals surface area (Å²) in [5.74, 6) is 0.765.